The summed E-state index contributed by atoms with van der Waals surface area (Å²) in [6.07, 6.45) is 2.09. The first-order chi connectivity index (χ1) is 13.9. The number of hydrogen-bond donors (Lipinski definition) is 1. The number of ether oxygens (including phenoxy) is 1. The van der Waals surface area contributed by atoms with E-state index in [2.05, 4.69) is 5.32 Å². The third-order valence-corrected chi connectivity index (χ3v) is 7.45. The minimum Gasteiger partial charge on any atom is -0.451 e. The lowest BCUT2D eigenvalue weighted by atomic mass is 10.1. The molecule has 0 unspecified atom stereocenters. The van der Waals surface area contributed by atoms with Gasteiger partial charge < -0.3 is 10.1 Å². The molecular formula is C19H21FN2O5S2. The van der Waals surface area contributed by atoms with Gasteiger partial charge in [0.25, 0.3) is 5.91 Å². The number of nitrogens with one attached hydrogen (secondary N) is 1. The number of sulfonamides is 1. The van der Waals surface area contributed by atoms with E-state index in [1.165, 1.54) is 27.9 Å². The van der Waals surface area contributed by atoms with Crippen LogP contribution in [0.15, 0.2) is 40.6 Å². The van der Waals surface area contributed by atoms with Crippen LogP contribution in [0.5, 0.6) is 0 Å². The average Bonchev–Trinajstić information content (AvgIpc) is 3.40. The maximum absolute atomic E-state index is 12.9. The molecule has 10 heteroatoms. The van der Waals surface area contributed by atoms with Crippen molar-refractivity contribution < 1.29 is 27.1 Å². The van der Waals surface area contributed by atoms with Gasteiger partial charge in [0.1, 0.15) is 15.6 Å². The molecule has 0 radical (unpaired) electrons. The highest BCUT2D eigenvalue weighted by Crippen LogP contribution is 2.28. The molecule has 1 N–H and O–H groups in total. The zero-order chi connectivity index (χ0) is 20.9. The Morgan fingerprint density at radius 3 is 2.52 bits per heavy atom. The number of amides is 1. The number of halogens is 1. The van der Waals surface area contributed by atoms with Crippen LogP contribution in [0, 0.1) is 5.82 Å². The van der Waals surface area contributed by atoms with E-state index in [4.69, 9.17) is 4.74 Å². The average molecular weight is 441 g/mol. The molecule has 1 fully saturated rings. The second-order valence-corrected chi connectivity index (χ2v) is 9.35. The summed E-state index contributed by atoms with van der Waals surface area (Å²) in [6, 6.07) is 7.32. The number of hydrogen-bond acceptors (Lipinski definition) is 6. The molecular weight excluding hydrogens is 419 g/mol. The van der Waals surface area contributed by atoms with Crippen molar-refractivity contribution in [1.29, 1.82) is 0 Å². The standard InChI is InChI=1S/C19H21FN2O5S2/c20-15-5-3-14(4-6-15)7-9-21-17(23)13-27-19(24)18-16(8-12-28-18)29(25,26)22-10-1-2-11-22/h3-6,8,12H,1-2,7,9-11,13H2,(H,21,23). The third kappa shape index (κ3) is 5.40. The summed E-state index contributed by atoms with van der Waals surface area (Å²) in [5.41, 5.74) is 0.860. The Labute approximate surface area is 172 Å². The largest absolute Gasteiger partial charge is 0.451 e. The number of carbonyl (C=O) groups is 2. The van der Waals surface area contributed by atoms with Crippen molar-refractivity contribution in [2.75, 3.05) is 26.2 Å². The van der Waals surface area contributed by atoms with Crippen molar-refractivity contribution in [2.45, 2.75) is 24.2 Å². The molecule has 0 aliphatic carbocycles. The molecule has 1 aliphatic heterocycles. The number of thiophene rings is 1. The van der Waals surface area contributed by atoms with E-state index in [9.17, 15) is 22.4 Å². The summed E-state index contributed by atoms with van der Waals surface area (Å²) >= 11 is 0.969. The van der Waals surface area contributed by atoms with Crippen LogP contribution in [-0.2, 0) is 26.0 Å². The number of carbonyl (C=O) groups excluding carboxylic acids is 2. The van der Waals surface area contributed by atoms with E-state index in [1.807, 2.05) is 0 Å². The van der Waals surface area contributed by atoms with Crippen LogP contribution in [0.3, 0.4) is 0 Å². The van der Waals surface area contributed by atoms with E-state index in [0.29, 0.717) is 26.1 Å². The van der Waals surface area contributed by atoms with Gasteiger partial charge in [-0.2, -0.15) is 4.31 Å². The topological polar surface area (TPSA) is 92.8 Å². The van der Waals surface area contributed by atoms with Crippen molar-refractivity contribution in [3.05, 3.63) is 52.0 Å². The quantitative estimate of drug-likeness (QED) is 0.635. The molecule has 1 aromatic heterocycles. The third-order valence-electron chi connectivity index (χ3n) is 4.48. The molecule has 3 rings (SSSR count). The van der Waals surface area contributed by atoms with Crippen LogP contribution in [0.25, 0.3) is 0 Å². The predicted octanol–water partition coefficient (Wildman–Crippen LogP) is 2.19. The Morgan fingerprint density at radius 1 is 1.14 bits per heavy atom. The van der Waals surface area contributed by atoms with E-state index in [1.54, 1.807) is 12.1 Å². The van der Waals surface area contributed by atoms with Gasteiger partial charge in [-0.15, -0.1) is 11.3 Å². The SMILES string of the molecule is O=C(COC(=O)c1sccc1S(=O)(=O)N1CCCC1)NCCc1ccc(F)cc1. The lowest BCUT2D eigenvalue weighted by molar-refractivity contribution is -0.124. The fourth-order valence-electron chi connectivity index (χ4n) is 2.96. The molecule has 0 bridgehead atoms. The zero-order valence-electron chi connectivity index (χ0n) is 15.6. The fraction of sp³-hybridized carbons (Fsp3) is 0.368. The van der Waals surface area contributed by atoms with Crippen molar-refractivity contribution in [3.8, 4) is 0 Å². The molecule has 1 aliphatic rings. The lowest BCUT2D eigenvalue weighted by Gasteiger charge is -2.15. The molecule has 7 nitrogen and oxygen atoms in total. The van der Waals surface area contributed by atoms with Gasteiger partial charge in [0, 0.05) is 19.6 Å². The molecule has 0 saturated carbocycles. The molecule has 1 saturated heterocycles. The highest BCUT2D eigenvalue weighted by Gasteiger charge is 2.32. The number of esters is 1. The Kier molecular flexibility index (Phi) is 6.99. The zero-order valence-corrected chi connectivity index (χ0v) is 17.2. The van der Waals surface area contributed by atoms with Crippen LogP contribution < -0.4 is 5.32 Å². The van der Waals surface area contributed by atoms with Crippen LogP contribution in [0.4, 0.5) is 4.39 Å². The lowest BCUT2D eigenvalue weighted by Crippen LogP contribution is -2.31. The second-order valence-electron chi connectivity index (χ2n) is 6.53. The summed E-state index contributed by atoms with van der Waals surface area (Å²) in [6.45, 7) is 0.658. The molecule has 2 aromatic rings. The van der Waals surface area contributed by atoms with Crippen LogP contribution in [0.1, 0.15) is 28.1 Å². The minimum absolute atomic E-state index is 0.0315. The first kappa shape index (κ1) is 21.4. The number of benzene rings is 1. The summed E-state index contributed by atoms with van der Waals surface area (Å²) in [7, 11) is -3.74. The Morgan fingerprint density at radius 2 is 1.83 bits per heavy atom. The van der Waals surface area contributed by atoms with E-state index in [0.717, 1.165) is 29.7 Å². The Balaban J connectivity index is 1.50. The summed E-state index contributed by atoms with van der Waals surface area (Å²) in [4.78, 5) is 24.1. The first-order valence-corrected chi connectivity index (χ1v) is 11.5. The summed E-state index contributed by atoms with van der Waals surface area (Å²) in [5, 5.41) is 4.12. The van der Waals surface area contributed by atoms with Gasteiger partial charge in [0.05, 0.1) is 0 Å². The maximum atomic E-state index is 12.9. The van der Waals surface area contributed by atoms with Gasteiger partial charge in [-0.25, -0.2) is 17.6 Å². The normalized spacial score (nSPS) is 14.7. The van der Waals surface area contributed by atoms with Gasteiger partial charge in [-0.1, -0.05) is 12.1 Å². The van der Waals surface area contributed by atoms with Crippen LogP contribution in [0.2, 0.25) is 0 Å². The first-order valence-electron chi connectivity index (χ1n) is 9.14. The summed E-state index contributed by atoms with van der Waals surface area (Å²) < 4.78 is 44.6. The van der Waals surface area contributed by atoms with Gasteiger partial charge >= 0.3 is 5.97 Å². The van der Waals surface area contributed by atoms with Crippen molar-refractivity contribution >= 4 is 33.2 Å². The molecule has 1 aromatic carbocycles. The maximum Gasteiger partial charge on any atom is 0.350 e. The van der Waals surface area contributed by atoms with Crippen LogP contribution >= 0.6 is 11.3 Å². The molecule has 1 amide bonds. The van der Waals surface area contributed by atoms with Crippen molar-refractivity contribution in [1.82, 2.24) is 9.62 Å². The van der Waals surface area contributed by atoms with E-state index in [-0.39, 0.29) is 15.6 Å². The predicted molar refractivity (Wildman–Crippen MR) is 106 cm³/mol. The molecule has 156 valence electrons. The van der Waals surface area contributed by atoms with E-state index >= 15 is 0 Å². The van der Waals surface area contributed by atoms with Crippen molar-refractivity contribution in [2.24, 2.45) is 0 Å². The van der Waals surface area contributed by atoms with Crippen molar-refractivity contribution in [3.63, 3.8) is 0 Å². The Hall–Kier alpha value is -2.30. The molecule has 0 spiro atoms. The number of rotatable bonds is 8. The highest BCUT2D eigenvalue weighted by atomic mass is 32.2. The smallest absolute Gasteiger partial charge is 0.350 e. The van der Waals surface area contributed by atoms with E-state index < -0.39 is 28.5 Å². The highest BCUT2D eigenvalue weighted by molar-refractivity contribution is 7.89. The van der Waals surface area contributed by atoms with Gasteiger partial charge in [0.2, 0.25) is 10.0 Å². The van der Waals surface area contributed by atoms with Gasteiger partial charge in [-0.3, -0.25) is 4.79 Å². The van der Waals surface area contributed by atoms with Gasteiger partial charge in [-0.05, 0) is 48.4 Å². The molecule has 2 heterocycles. The fourth-order valence-corrected chi connectivity index (χ4v) is 5.76. The summed E-state index contributed by atoms with van der Waals surface area (Å²) in [5.74, 6) is -1.67. The monoisotopic (exact) mass is 440 g/mol. The van der Waals surface area contributed by atoms with Gasteiger partial charge in [0.15, 0.2) is 6.61 Å². The number of nitrogens with zero attached hydrogens (tertiary/aromatic N) is 1. The minimum atomic E-state index is -3.74. The molecule has 0 atom stereocenters. The second kappa shape index (κ2) is 9.47. The molecule has 29 heavy (non-hydrogen) atoms. The Bertz CT molecular complexity index is 967. The van der Waals surface area contributed by atoms with Crippen LogP contribution in [-0.4, -0.2) is 50.8 Å².